The number of ether oxygens (including phenoxy) is 1. The molecule has 0 radical (unpaired) electrons. The van der Waals surface area contributed by atoms with Crippen molar-refractivity contribution in [3.63, 3.8) is 0 Å². The first-order valence-corrected chi connectivity index (χ1v) is 5.17. The summed E-state index contributed by atoms with van der Waals surface area (Å²) in [4.78, 5) is 10.6. The number of allylic oxidation sites excluding steroid dienone is 3. The maximum Gasteiger partial charge on any atom is 0.243 e. The van der Waals surface area contributed by atoms with Gasteiger partial charge in [-0.25, -0.2) is 0 Å². The zero-order valence-corrected chi connectivity index (χ0v) is 9.95. The Bertz CT molecular complexity index is 319. The second kappa shape index (κ2) is 8.59. The predicted octanol–water partition coefficient (Wildman–Crippen LogP) is 1.55. The highest BCUT2D eigenvalue weighted by molar-refractivity contribution is 6.55. The highest BCUT2D eigenvalue weighted by Gasteiger charge is 1.95. The molecular weight excluding hydrogens is 201 g/mol. The number of nitrogens with one attached hydrogen (secondary N) is 1. The van der Waals surface area contributed by atoms with E-state index in [1.165, 1.54) is 7.85 Å². The van der Waals surface area contributed by atoms with Gasteiger partial charge in [-0.15, -0.1) is 0 Å². The van der Waals surface area contributed by atoms with E-state index in [0.29, 0.717) is 0 Å². The molecule has 0 aromatic carbocycles. The molecule has 0 amide bonds. The fraction of sp³-hybridized carbons (Fsp3) is 0.250. The maximum absolute atomic E-state index is 10.6. The number of hydrogen-bond donors (Lipinski definition) is 1. The van der Waals surface area contributed by atoms with Crippen LogP contribution in [0.25, 0.3) is 0 Å². The smallest absolute Gasteiger partial charge is 0.243 e. The predicted molar refractivity (Wildman–Crippen MR) is 70.1 cm³/mol. The van der Waals surface area contributed by atoms with Crippen molar-refractivity contribution in [3.8, 4) is 0 Å². The number of hydrogen-bond acceptors (Lipinski definition) is 3. The Morgan fingerprint density at radius 3 is 2.50 bits per heavy atom. The average Bonchev–Trinajstić information content (AvgIpc) is 2.27. The minimum atomic E-state index is -0.299. The first-order chi connectivity index (χ1) is 7.63. The van der Waals surface area contributed by atoms with Crippen LogP contribution in [0.5, 0.6) is 0 Å². The molecule has 1 N–H and O–H groups in total. The van der Waals surface area contributed by atoms with Gasteiger partial charge >= 0.3 is 0 Å². The summed E-state index contributed by atoms with van der Waals surface area (Å²) in [7, 11) is 1.38. The van der Waals surface area contributed by atoms with E-state index < -0.39 is 0 Å². The molecule has 4 heteroatoms. The van der Waals surface area contributed by atoms with E-state index >= 15 is 0 Å². The first kappa shape index (κ1) is 14.3. The summed E-state index contributed by atoms with van der Waals surface area (Å²) in [5.41, 5.74) is 1.76. The number of carbonyl (C=O) groups is 1. The van der Waals surface area contributed by atoms with Gasteiger partial charge in [0, 0.05) is 12.2 Å². The summed E-state index contributed by atoms with van der Waals surface area (Å²) >= 11 is 0. The number of likely N-dealkylation sites (N-methyl/N-ethyl adjacent to an activating group) is 1. The van der Waals surface area contributed by atoms with Gasteiger partial charge in [0.15, 0.2) is 0 Å². The van der Waals surface area contributed by atoms with Crippen molar-refractivity contribution >= 4 is 13.7 Å². The molecule has 0 spiro atoms. The Labute approximate surface area is 98.0 Å². The quantitative estimate of drug-likeness (QED) is 0.521. The molecule has 0 aliphatic heterocycles. The van der Waals surface area contributed by atoms with Crippen LogP contribution in [0.4, 0.5) is 4.79 Å². The summed E-state index contributed by atoms with van der Waals surface area (Å²) in [6.07, 6.45) is 7.10. The third-order valence-electron chi connectivity index (χ3n) is 1.78. The molecule has 0 heterocycles. The summed E-state index contributed by atoms with van der Waals surface area (Å²) in [6, 6.07) is 0. The van der Waals surface area contributed by atoms with Crippen LogP contribution in [0.15, 0.2) is 48.7 Å². The second-order valence-electron chi connectivity index (χ2n) is 3.08. The lowest BCUT2D eigenvalue weighted by atomic mass is 10.2. The maximum atomic E-state index is 10.6. The van der Waals surface area contributed by atoms with Gasteiger partial charge in [0.25, 0.3) is 0 Å². The molecule has 0 saturated carbocycles. The van der Waals surface area contributed by atoms with Crippen LogP contribution in [0.3, 0.4) is 0 Å². The standard InChI is InChI=1S/C12H18BNO2/c1-4-10(9-16-12(13)15)7-8-11(5-2)14-6-3/h4-5,7-8,14H,1-2,6,9,13H2,3H3/b10-7+,11-8+. The van der Waals surface area contributed by atoms with Crippen LogP contribution in [-0.4, -0.2) is 26.9 Å². The van der Waals surface area contributed by atoms with Gasteiger partial charge in [0.1, 0.15) is 6.61 Å². The Morgan fingerprint density at radius 2 is 2.06 bits per heavy atom. The molecule has 0 bridgehead atoms. The minimum absolute atomic E-state index is 0.242. The van der Waals surface area contributed by atoms with Crippen LogP contribution in [-0.2, 0) is 4.74 Å². The molecule has 0 rings (SSSR count). The molecule has 0 aromatic heterocycles. The van der Waals surface area contributed by atoms with Crippen LogP contribution >= 0.6 is 0 Å². The van der Waals surface area contributed by atoms with Crippen LogP contribution in [0, 0.1) is 0 Å². The van der Waals surface area contributed by atoms with Crippen molar-refractivity contribution < 1.29 is 9.53 Å². The largest absolute Gasteiger partial charge is 0.469 e. The molecule has 0 aromatic rings. The number of carbonyl (C=O) groups excluding carboxylic acids is 1. The highest BCUT2D eigenvalue weighted by Crippen LogP contribution is 2.00. The third kappa shape index (κ3) is 6.70. The molecule has 0 unspecified atom stereocenters. The van der Waals surface area contributed by atoms with Gasteiger partial charge in [0.2, 0.25) is 13.7 Å². The van der Waals surface area contributed by atoms with Crippen LogP contribution < -0.4 is 5.32 Å². The van der Waals surface area contributed by atoms with E-state index in [2.05, 4.69) is 18.5 Å². The van der Waals surface area contributed by atoms with Crippen LogP contribution in [0.2, 0.25) is 0 Å². The van der Waals surface area contributed by atoms with Crippen molar-refractivity contribution in [2.75, 3.05) is 13.2 Å². The molecule has 3 nitrogen and oxygen atoms in total. The molecule has 0 saturated heterocycles. The molecular formula is C12H18BNO2. The molecule has 0 aliphatic carbocycles. The zero-order chi connectivity index (χ0) is 12.4. The number of rotatable bonds is 7. The lowest BCUT2D eigenvalue weighted by Crippen LogP contribution is -2.09. The lowest BCUT2D eigenvalue weighted by Gasteiger charge is -2.04. The van der Waals surface area contributed by atoms with Crippen molar-refractivity contribution in [3.05, 3.63) is 48.7 Å². The zero-order valence-electron chi connectivity index (χ0n) is 9.95. The highest BCUT2D eigenvalue weighted by atomic mass is 16.5. The first-order valence-electron chi connectivity index (χ1n) is 5.17. The molecule has 86 valence electrons. The van der Waals surface area contributed by atoms with E-state index in [1.54, 1.807) is 12.2 Å². The van der Waals surface area contributed by atoms with Gasteiger partial charge in [0.05, 0.1) is 0 Å². The third-order valence-corrected chi connectivity index (χ3v) is 1.78. The summed E-state index contributed by atoms with van der Waals surface area (Å²) in [6.45, 7) is 10.4. The van der Waals surface area contributed by atoms with E-state index in [9.17, 15) is 4.79 Å². The molecule has 0 aliphatic rings. The molecule has 16 heavy (non-hydrogen) atoms. The van der Waals surface area contributed by atoms with E-state index in [0.717, 1.165) is 17.8 Å². The lowest BCUT2D eigenvalue weighted by molar-refractivity contribution is 0.184. The van der Waals surface area contributed by atoms with Gasteiger partial charge in [-0.2, -0.15) is 0 Å². The molecule has 0 fully saturated rings. The van der Waals surface area contributed by atoms with Crippen molar-refractivity contribution in [1.29, 1.82) is 0 Å². The molecule has 0 atom stereocenters. The monoisotopic (exact) mass is 219 g/mol. The van der Waals surface area contributed by atoms with E-state index in [1.807, 2.05) is 19.1 Å². The summed E-state index contributed by atoms with van der Waals surface area (Å²) in [5.74, 6) is -0.299. The topological polar surface area (TPSA) is 38.3 Å². The Morgan fingerprint density at radius 1 is 1.38 bits per heavy atom. The van der Waals surface area contributed by atoms with Crippen LogP contribution in [0.1, 0.15) is 6.92 Å². The van der Waals surface area contributed by atoms with Crippen molar-refractivity contribution in [2.24, 2.45) is 0 Å². The second-order valence-corrected chi connectivity index (χ2v) is 3.08. The summed E-state index contributed by atoms with van der Waals surface area (Å²) < 4.78 is 4.87. The van der Waals surface area contributed by atoms with E-state index in [-0.39, 0.29) is 12.5 Å². The fourth-order valence-corrected chi connectivity index (χ4v) is 0.960. The Balaban J connectivity index is 4.49. The van der Waals surface area contributed by atoms with Crippen molar-refractivity contribution in [2.45, 2.75) is 6.92 Å². The average molecular weight is 219 g/mol. The van der Waals surface area contributed by atoms with E-state index in [4.69, 9.17) is 4.74 Å². The van der Waals surface area contributed by atoms with Gasteiger partial charge in [-0.3, -0.25) is 4.79 Å². The van der Waals surface area contributed by atoms with Crippen molar-refractivity contribution in [1.82, 2.24) is 5.32 Å². The summed E-state index contributed by atoms with van der Waals surface area (Å²) in [5, 5.41) is 3.13. The Kier molecular flexibility index (Phi) is 7.68. The van der Waals surface area contributed by atoms with Gasteiger partial charge in [-0.1, -0.05) is 25.3 Å². The SMILES string of the molecule is BC(=O)OC/C(C=C)=C/C=C(\C=C)NCC. The fourth-order valence-electron chi connectivity index (χ4n) is 0.960. The Hall–Kier alpha value is -1.71. The minimum Gasteiger partial charge on any atom is -0.469 e. The van der Waals surface area contributed by atoms with Gasteiger partial charge in [-0.05, 0) is 24.6 Å². The van der Waals surface area contributed by atoms with Gasteiger partial charge < -0.3 is 10.1 Å². The normalized spacial score (nSPS) is 11.8.